The summed E-state index contributed by atoms with van der Waals surface area (Å²) in [7, 11) is 1.60. The SMILES string of the molecule is CCOc1ccc(C2c3c(oc4cc(C)c(Cl)cc4c3=O)C(=O)N2Cc2ccc(OC)cc2)cc1OCC. The number of methoxy groups -OCH3 is 1. The standard InChI is InChI=1S/C30H28ClNO6/c1-5-36-23-12-9-19(14-25(23)37-6-2)27-26-28(33)21-15-22(31)17(3)13-24(21)38-29(26)30(34)32(27)16-18-7-10-20(35-4)11-8-18/h7-15,27H,5-6,16H2,1-4H3. The van der Waals surface area contributed by atoms with E-state index in [0.29, 0.717) is 52.0 Å². The predicted octanol–water partition coefficient (Wildman–Crippen LogP) is 6.31. The van der Waals surface area contributed by atoms with Gasteiger partial charge in [-0.05, 0) is 73.9 Å². The van der Waals surface area contributed by atoms with Crippen LogP contribution < -0.4 is 19.6 Å². The van der Waals surface area contributed by atoms with E-state index in [2.05, 4.69) is 0 Å². The zero-order valence-electron chi connectivity index (χ0n) is 21.7. The van der Waals surface area contributed by atoms with E-state index in [0.717, 1.165) is 11.1 Å². The fourth-order valence-corrected chi connectivity index (χ4v) is 4.98. The van der Waals surface area contributed by atoms with Crippen molar-refractivity contribution in [2.24, 2.45) is 0 Å². The molecule has 0 bridgehead atoms. The first-order valence-electron chi connectivity index (χ1n) is 12.5. The number of benzene rings is 3. The maximum Gasteiger partial charge on any atom is 0.291 e. The maximum atomic E-state index is 13.9. The molecule has 0 saturated heterocycles. The Morgan fingerprint density at radius 1 is 0.947 bits per heavy atom. The zero-order valence-corrected chi connectivity index (χ0v) is 22.4. The van der Waals surface area contributed by atoms with Gasteiger partial charge in [0, 0.05) is 11.6 Å². The molecule has 1 atom stereocenters. The fourth-order valence-electron chi connectivity index (χ4n) is 4.82. The van der Waals surface area contributed by atoms with Gasteiger partial charge in [0.25, 0.3) is 5.91 Å². The Morgan fingerprint density at radius 3 is 2.34 bits per heavy atom. The molecule has 0 radical (unpaired) electrons. The summed E-state index contributed by atoms with van der Waals surface area (Å²) in [5.74, 6) is 1.52. The largest absolute Gasteiger partial charge is 0.497 e. The summed E-state index contributed by atoms with van der Waals surface area (Å²) in [6, 6.07) is 15.6. The van der Waals surface area contributed by atoms with Crippen LogP contribution in [0, 0.1) is 6.92 Å². The minimum Gasteiger partial charge on any atom is -0.497 e. The third-order valence-electron chi connectivity index (χ3n) is 6.64. The summed E-state index contributed by atoms with van der Waals surface area (Å²) in [5, 5.41) is 0.792. The molecule has 1 aliphatic rings. The van der Waals surface area contributed by atoms with E-state index >= 15 is 0 Å². The van der Waals surface area contributed by atoms with Crippen LogP contribution in [0.2, 0.25) is 5.02 Å². The molecule has 2 heterocycles. The van der Waals surface area contributed by atoms with Gasteiger partial charge in [0.05, 0.1) is 37.3 Å². The molecule has 1 unspecified atom stereocenters. The van der Waals surface area contributed by atoms with Crippen LogP contribution in [0.5, 0.6) is 17.2 Å². The predicted molar refractivity (Wildman–Crippen MR) is 146 cm³/mol. The Labute approximate surface area is 225 Å². The van der Waals surface area contributed by atoms with Gasteiger partial charge < -0.3 is 23.5 Å². The monoisotopic (exact) mass is 533 g/mol. The van der Waals surface area contributed by atoms with E-state index in [1.165, 1.54) is 0 Å². The average molecular weight is 534 g/mol. The van der Waals surface area contributed by atoms with Crippen molar-refractivity contribution in [3.05, 3.63) is 97.9 Å². The summed E-state index contributed by atoms with van der Waals surface area (Å²) in [6.07, 6.45) is 0. The molecule has 1 aromatic heterocycles. The molecule has 0 spiro atoms. The molecule has 0 aliphatic carbocycles. The van der Waals surface area contributed by atoms with Gasteiger partial charge in [-0.25, -0.2) is 0 Å². The van der Waals surface area contributed by atoms with Crippen molar-refractivity contribution in [1.29, 1.82) is 0 Å². The molecule has 38 heavy (non-hydrogen) atoms. The second-order valence-corrected chi connectivity index (χ2v) is 9.43. The lowest BCUT2D eigenvalue weighted by Crippen LogP contribution is -2.29. The van der Waals surface area contributed by atoms with Crippen molar-refractivity contribution in [2.75, 3.05) is 20.3 Å². The normalized spacial score (nSPS) is 14.6. The van der Waals surface area contributed by atoms with Crippen molar-refractivity contribution in [3.63, 3.8) is 0 Å². The Kier molecular flexibility index (Phi) is 7.04. The number of fused-ring (bicyclic) bond motifs is 2. The summed E-state index contributed by atoms with van der Waals surface area (Å²) in [5.41, 5.74) is 2.67. The quantitative estimate of drug-likeness (QED) is 0.264. The molecule has 1 aliphatic heterocycles. The number of carbonyl (C=O) groups excluding carboxylic acids is 1. The molecule has 5 rings (SSSR count). The van der Waals surface area contributed by atoms with Crippen LogP contribution in [-0.2, 0) is 6.54 Å². The van der Waals surface area contributed by atoms with Crippen LogP contribution in [0.4, 0.5) is 0 Å². The number of carbonyl (C=O) groups is 1. The third-order valence-corrected chi connectivity index (χ3v) is 7.05. The van der Waals surface area contributed by atoms with Gasteiger partial charge in [0.15, 0.2) is 16.9 Å². The number of nitrogens with zero attached hydrogens (tertiary/aromatic N) is 1. The molecular formula is C30H28ClNO6. The Bertz CT molecular complexity index is 1580. The number of ether oxygens (including phenoxy) is 3. The van der Waals surface area contributed by atoms with Crippen molar-refractivity contribution < 1.29 is 23.4 Å². The summed E-state index contributed by atoms with van der Waals surface area (Å²) < 4.78 is 23.0. The van der Waals surface area contributed by atoms with Crippen molar-refractivity contribution in [1.82, 2.24) is 4.90 Å². The molecule has 7 nitrogen and oxygen atoms in total. The summed E-state index contributed by atoms with van der Waals surface area (Å²) in [6.45, 7) is 6.77. The Morgan fingerprint density at radius 2 is 1.66 bits per heavy atom. The second-order valence-electron chi connectivity index (χ2n) is 9.03. The number of amides is 1. The van der Waals surface area contributed by atoms with Gasteiger partial charge in [-0.2, -0.15) is 0 Å². The highest BCUT2D eigenvalue weighted by molar-refractivity contribution is 6.32. The maximum absolute atomic E-state index is 13.9. The van der Waals surface area contributed by atoms with E-state index in [1.54, 1.807) is 30.2 Å². The first-order valence-corrected chi connectivity index (χ1v) is 12.8. The van der Waals surface area contributed by atoms with Gasteiger partial charge in [-0.1, -0.05) is 29.8 Å². The average Bonchev–Trinajstić information content (AvgIpc) is 3.18. The van der Waals surface area contributed by atoms with Gasteiger partial charge in [0.1, 0.15) is 11.3 Å². The molecule has 4 aromatic rings. The molecule has 8 heteroatoms. The third kappa shape index (κ3) is 4.47. The number of aryl methyl sites for hydroxylation is 1. The number of halogens is 1. The minimum atomic E-state index is -0.699. The van der Waals surface area contributed by atoms with Crippen molar-refractivity contribution in [2.45, 2.75) is 33.4 Å². The Balaban J connectivity index is 1.70. The van der Waals surface area contributed by atoms with E-state index in [-0.39, 0.29) is 29.2 Å². The number of hydrogen-bond acceptors (Lipinski definition) is 6. The molecule has 0 saturated carbocycles. The highest BCUT2D eigenvalue weighted by Gasteiger charge is 2.43. The molecular weight excluding hydrogens is 506 g/mol. The topological polar surface area (TPSA) is 78.2 Å². The summed E-state index contributed by atoms with van der Waals surface area (Å²) >= 11 is 6.36. The molecule has 3 aromatic carbocycles. The first kappa shape index (κ1) is 25.7. The number of rotatable bonds is 8. The first-order chi connectivity index (χ1) is 18.4. The molecule has 0 N–H and O–H groups in total. The highest BCUT2D eigenvalue weighted by atomic mass is 35.5. The van der Waals surface area contributed by atoms with Gasteiger partial charge in [-0.3, -0.25) is 9.59 Å². The smallest absolute Gasteiger partial charge is 0.291 e. The van der Waals surface area contributed by atoms with Gasteiger partial charge in [-0.15, -0.1) is 0 Å². The van der Waals surface area contributed by atoms with Crippen LogP contribution >= 0.6 is 11.6 Å². The van der Waals surface area contributed by atoms with Crippen LogP contribution in [-0.4, -0.2) is 31.1 Å². The van der Waals surface area contributed by atoms with Gasteiger partial charge in [0.2, 0.25) is 5.76 Å². The lowest BCUT2D eigenvalue weighted by atomic mass is 9.97. The van der Waals surface area contributed by atoms with E-state index in [1.807, 2.05) is 57.2 Å². The lowest BCUT2D eigenvalue weighted by molar-refractivity contribution is 0.0714. The Hall–Kier alpha value is -3.97. The van der Waals surface area contributed by atoms with E-state index in [9.17, 15) is 9.59 Å². The van der Waals surface area contributed by atoms with Crippen LogP contribution in [0.15, 0.2) is 63.8 Å². The van der Waals surface area contributed by atoms with Gasteiger partial charge >= 0.3 is 0 Å². The van der Waals surface area contributed by atoms with E-state index in [4.69, 9.17) is 30.2 Å². The molecule has 196 valence electrons. The van der Waals surface area contributed by atoms with Crippen LogP contribution in [0.1, 0.15) is 52.7 Å². The fraction of sp³-hybridized carbons (Fsp3) is 0.267. The number of hydrogen-bond donors (Lipinski definition) is 0. The van der Waals surface area contributed by atoms with Crippen LogP contribution in [0.25, 0.3) is 11.0 Å². The molecule has 0 fully saturated rings. The zero-order chi connectivity index (χ0) is 27.0. The molecule has 1 amide bonds. The minimum absolute atomic E-state index is 0.0366. The lowest BCUT2D eigenvalue weighted by Gasteiger charge is -2.26. The summed E-state index contributed by atoms with van der Waals surface area (Å²) in [4.78, 5) is 29.4. The van der Waals surface area contributed by atoms with Crippen molar-refractivity contribution >= 4 is 28.5 Å². The van der Waals surface area contributed by atoms with Crippen molar-refractivity contribution in [3.8, 4) is 17.2 Å². The van der Waals surface area contributed by atoms with Crippen LogP contribution in [0.3, 0.4) is 0 Å². The second kappa shape index (κ2) is 10.4. The van der Waals surface area contributed by atoms with E-state index < -0.39 is 6.04 Å². The highest BCUT2D eigenvalue weighted by Crippen LogP contribution is 2.42.